The van der Waals surface area contributed by atoms with Crippen molar-refractivity contribution in [2.45, 2.75) is 19.6 Å². The molecule has 0 saturated heterocycles. The molecule has 3 rings (SSSR count). The third kappa shape index (κ3) is 4.17. The van der Waals surface area contributed by atoms with Gasteiger partial charge in [0.05, 0.1) is 25.0 Å². The number of methoxy groups -OCH3 is 1. The Hall–Kier alpha value is -3.56. The van der Waals surface area contributed by atoms with Crippen LogP contribution in [0.2, 0.25) is 0 Å². The summed E-state index contributed by atoms with van der Waals surface area (Å²) in [5.74, 6) is -1.74. The average molecular weight is 375 g/mol. The summed E-state index contributed by atoms with van der Waals surface area (Å²) in [5, 5.41) is 9.01. The Balaban J connectivity index is 1.57. The Kier molecular flexibility index (Phi) is 5.25. The summed E-state index contributed by atoms with van der Waals surface area (Å²) < 4.78 is 11.1. The maximum absolute atomic E-state index is 11.9. The minimum Gasteiger partial charge on any atom is -0.497 e. The molecule has 2 heterocycles. The van der Waals surface area contributed by atoms with Crippen molar-refractivity contribution in [3.05, 3.63) is 47.5 Å². The Morgan fingerprint density at radius 1 is 1.26 bits per heavy atom. The van der Waals surface area contributed by atoms with Crippen LogP contribution in [0.3, 0.4) is 0 Å². The number of benzene rings is 1. The highest BCUT2D eigenvalue weighted by Crippen LogP contribution is 2.17. The van der Waals surface area contributed by atoms with Gasteiger partial charge >= 0.3 is 18.0 Å². The first-order valence-corrected chi connectivity index (χ1v) is 8.03. The number of ether oxygens (including phenoxy) is 2. The van der Waals surface area contributed by atoms with Gasteiger partial charge in [0.15, 0.2) is 0 Å². The lowest BCUT2D eigenvalue weighted by molar-refractivity contribution is -0.168. The predicted octanol–water partition coefficient (Wildman–Crippen LogP) is 0.626. The molecule has 0 radical (unpaired) electrons. The molecule has 2 aromatic rings. The molecule has 0 bridgehead atoms. The number of nitrogens with zero attached hydrogens (tertiary/aromatic N) is 3. The molecule has 1 aromatic carbocycles. The number of fused-ring (bicyclic) bond motifs is 1. The third-order valence-electron chi connectivity index (χ3n) is 4.00. The van der Waals surface area contributed by atoms with E-state index < -0.39 is 18.0 Å². The van der Waals surface area contributed by atoms with Crippen molar-refractivity contribution in [2.24, 2.45) is 0 Å². The third-order valence-corrected chi connectivity index (χ3v) is 4.00. The van der Waals surface area contributed by atoms with Crippen LogP contribution in [0.1, 0.15) is 17.0 Å². The molecule has 142 valence electrons. The van der Waals surface area contributed by atoms with E-state index in [0.29, 0.717) is 29.1 Å². The van der Waals surface area contributed by atoms with Crippen LogP contribution in [0, 0.1) is 0 Å². The summed E-state index contributed by atoms with van der Waals surface area (Å²) in [6.07, 6.45) is 0.491. The molecule has 10 nitrogen and oxygen atoms in total. The number of imidazole rings is 1. The van der Waals surface area contributed by atoms with E-state index in [-0.39, 0.29) is 19.7 Å². The van der Waals surface area contributed by atoms with Crippen molar-refractivity contribution in [3.8, 4) is 5.75 Å². The molecule has 0 aliphatic carbocycles. The van der Waals surface area contributed by atoms with Gasteiger partial charge in [0.25, 0.3) is 0 Å². The molecule has 0 fully saturated rings. The fraction of sp³-hybridized carbons (Fsp3) is 0.294. The van der Waals surface area contributed by atoms with Crippen molar-refractivity contribution in [3.63, 3.8) is 0 Å². The van der Waals surface area contributed by atoms with Crippen LogP contribution in [0.25, 0.3) is 0 Å². The van der Waals surface area contributed by atoms with Crippen LogP contribution in [-0.4, -0.2) is 51.4 Å². The smallest absolute Gasteiger partial charge is 0.442 e. The number of amides is 1. The van der Waals surface area contributed by atoms with E-state index in [1.54, 1.807) is 24.3 Å². The van der Waals surface area contributed by atoms with Crippen molar-refractivity contribution >= 4 is 18.0 Å². The molecule has 27 heavy (non-hydrogen) atoms. The van der Waals surface area contributed by atoms with Gasteiger partial charge in [-0.2, -0.15) is 4.73 Å². The second kappa shape index (κ2) is 7.77. The van der Waals surface area contributed by atoms with Gasteiger partial charge in [0, 0.05) is 13.0 Å². The lowest BCUT2D eigenvalue weighted by Gasteiger charge is -2.23. The topological polar surface area (TPSA) is 120 Å². The number of hydrogen-bond donors (Lipinski definition) is 1. The predicted molar refractivity (Wildman–Crippen MR) is 88.7 cm³/mol. The van der Waals surface area contributed by atoms with Gasteiger partial charge in [-0.05, 0) is 17.7 Å². The quantitative estimate of drug-likeness (QED) is 0.610. The lowest BCUT2D eigenvalue weighted by Crippen LogP contribution is -2.36. The van der Waals surface area contributed by atoms with Gasteiger partial charge < -0.3 is 24.3 Å². The molecule has 0 atom stereocenters. The molecule has 0 saturated carbocycles. The van der Waals surface area contributed by atoms with Gasteiger partial charge in [-0.3, -0.25) is 0 Å². The van der Waals surface area contributed by atoms with Crippen molar-refractivity contribution < 1.29 is 33.8 Å². The first-order chi connectivity index (χ1) is 13.0. The van der Waals surface area contributed by atoms with E-state index in [1.165, 1.54) is 18.3 Å². The first kappa shape index (κ1) is 18.2. The second-order valence-corrected chi connectivity index (χ2v) is 5.72. The van der Waals surface area contributed by atoms with Crippen molar-refractivity contribution in [1.82, 2.24) is 14.6 Å². The van der Waals surface area contributed by atoms with Crippen LogP contribution in [0.5, 0.6) is 5.75 Å². The number of aromatic nitrogens is 2. The van der Waals surface area contributed by atoms with Crippen molar-refractivity contribution in [2.75, 3.05) is 13.7 Å². The summed E-state index contributed by atoms with van der Waals surface area (Å²) in [6.45, 7) is 0.224. The Labute approximate surface area is 153 Å². The number of hydrogen-bond acceptors (Lipinski definition) is 7. The summed E-state index contributed by atoms with van der Waals surface area (Å²) in [7, 11) is 1.52. The van der Waals surface area contributed by atoms with Crippen LogP contribution >= 0.6 is 0 Å². The maximum Gasteiger partial charge on any atom is 0.442 e. The Morgan fingerprint density at radius 3 is 2.81 bits per heavy atom. The lowest BCUT2D eigenvalue weighted by atomic mass is 10.1. The zero-order valence-electron chi connectivity index (χ0n) is 14.5. The summed E-state index contributed by atoms with van der Waals surface area (Å²) in [6, 6.07) is 6.88. The van der Waals surface area contributed by atoms with Crippen LogP contribution in [-0.2, 0) is 33.9 Å². The molecule has 0 spiro atoms. The molecule has 1 aromatic heterocycles. The number of esters is 1. The molecule has 1 amide bonds. The zero-order valence-corrected chi connectivity index (χ0v) is 14.5. The van der Waals surface area contributed by atoms with E-state index in [4.69, 9.17) is 19.4 Å². The van der Waals surface area contributed by atoms with E-state index in [0.717, 1.165) is 4.73 Å². The van der Waals surface area contributed by atoms with Crippen LogP contribution < -0.4 is 9.57 Å². The molecule has 1 aliphatic rings. The normalized spacial score (nSPS) is 12.9. The molecule has 1 aliphatic heterocycles. The first-order valence-electron chi connectivity index (χ1n) is 8.03. The standard InChI is InChI=1S/C17H17N3O7/c1-25-12-4-2-3-11(7-12)9-26-15(21)16(22)27-20-10-18-13-8-19(17(23)24)6-5-14(13)20/h2-4,7,10H,5-6,8-9H2,1H3,(H,23,24). The molecular weight excluding hydrogens is 358 g/mol. The van der Waals surface area contributed by atoms with Gasteiger partial charge in [0.1, 0.15) is 18.7 Å². The molecule has 10 heteroatoms. The highest BCUT2D eigenvalue weighted by molar-refractivity contribution is 6.29. The summed E-state index contributed by atoms with van der Waals surface area (Å²) in [5.41, 5.74) is 1.67. The van der Waals surface area contributed by atoms with E-state index in [1.807, 2.05) is 0 Å². The fourth-order valence-electron chi connectivity index (χ4n) is 2.62. The second-order valence-electron chi connectivity index (χ2n) is 5.72. The minimum atomic E-state index is -1.20. The van der Waals surface area contributed by atoms with E-state index >= 15 is 0 Å². The maximum atomic E-state index is 11.9. The monoisotopic (exact) mass is 375 g/mol. The number of carboxylic acid groups (broad SMARTS) is 1. The molecular formula is C17H17N3O7. The van der Waals surface area contributed by atoms with Gasteiger partial charge in [-0.25, -0.2) is 19.4 Å². The molecule has 1 N–H and O–H groups in total. The highest BCUT2D eigenvalue weighted by atomic mass is 16.7. The zero-order chi connectivity index (χ0) is 19.4. The minimum absolute atomic E-state index is 0.0928. The summed E-state index contributed by atoms with van der Waals surface area (Å²) in [4.78, 5) is 45.0. The van der Waals surface area contributed by atoms with Crippen LogP contribution in [0.15, 0.2) is 30.6 Å². The highest BCUT2D eigenvalue weighted by Gasteiger charge is 2.27. The summed E-state index contributed by atoms with van der Waals surface area (Å²) >= 11 is 0. The van der Waals surface area contributed by atoms with E-state index in [9.17, 15) is 14.4 Å². The Morgan fingerprint density at radius 2 is 2.07 bits per heavy atom. The van der Waals surface area contributed by atoms with Crippen molar-refractivity contribution in [1.29, 1.82) is 0 Å². The number of carbonyl (C=O) groups is 3. The van der Waals surface area contributed by atoms with E-state index in [2.05, 4.69) is 4.98 Å². The van der Waals surface area contributed by atoms with Crippen LogP contribution in [0.4, 0.5) is 4.79 Å². The average Bonchev–Trinajstić information content (AvgIpc) is 3.08. The largest absolute Gasteiger partial charge is 0.497 e. The molecule has 0 unspecified atom stereocenters. The van der Waals surface area contributed by atoms with Gasteiger partial charge in [-0.1, -0.05) is 12.1 Å². The number of carbonyl (C=O) groups excluding carboxylic acids is 2. The number of rotatable bonds is 4. The van der Waals surface area contributed by atoms with Gasteiger partial charge in [0.2, 0.25) is 0 Å². The SMILES string of the molecule is COc1cccc(COC(=O)C(=O)On2cnc3c2CCN(C(=O)O)C3)c1. The fourth-order valence-corrected chi connectivity index (χ4v) is 2.62. The Bertz CT molecular complexity index is 877. The van der Waals surface area contributed by atoms with Gasteiger partial charge in [-0.15, -0.1) is 0 Å².